The summed E-state index contributed by atoms with van der Waals surface area (Å²) in [6, 6.07) is 15.0. The van der Waals surface area contributed by atoms with E-state index in [4.69, 9.17) is 0 Å². The van der Waals surface area contributed by atoms with E-state index in [1.165, 1.54) is 17.1 Å². The molecule has 2 aliphatic rings. The lowest BCUT2D eigenvalue weighted by atomic mass is 9.91. The Morgan fingerprint density at radius 1 is 1.08 bits per heavy atom. The van der Waals surface area contributed by atoms with Crippen LogP contribution in [0, 0.1) is 5.92 Å². The van der Waals surface area contributed by atoms with Gasteiger partial charge in [0, 0.05) is 31.6 Å². The second kappa shape index (κ2) is 9.77. The molecule has 6 rings (SSSR count). The van der Waals surface area contributed by atoms with Crippen LogP contribution in [-0.4, -0.2) is 66.9 Å². The number of piperidine rings is 1. The summed E-state index contributed by atoms with van der Waals surface area (Å²) in [6.45, 7) is 1.12. The second-order valence-corrected chi connectivity index (χ2v) is 10.5. The first-order valence-corrected chi connectivity index (χ1v) is 13.2. The minimum Gasteiger partial charge on any atom is -0.388 e. The van der Waals surface area contributed by atoms with E-state index >= 15 is 0 Å². The predicted octanol–water partition coefficient (Wildman–Crippen LogP) is 2.37. The maximum Gasteiger partial charge on any atom is 0.264 e. The van der Waals surface area contributed by atoms with E-state index in [9.17, 15) is 19.5 Å². The summed E-state index contributed by atoms with van der Waals surface area (Å²) in [4.78, 5) is 43.9. The number of carbonyl (C=O) groups excluding carboxylic acids is 2. The Morgan fingerprint density at radius 2 is 1.82 bits per heavy atom. The molecule has 0 atom stereocenters. The number of amides is 2. The topological polar surface area (TPSA) is 122 Å². The average Bonchev–Trinajstić information content (AvgIpc) is 3.73. The number of fused-ring (bicyclic) bond motifs is 1. The molecule has 10 nitrogen and oxygen atoms in total. The summed E-state index contributed by atoms with van der Waals surface area (Å²) in [5, 5.41) is 18.6. The van der Waals surface area contributed by atoms with E-state index in [0.717, 1.165) is 29.7 Å². The zero-order valence-electron chi connectivity index (χ0n) is 21.7. The van der Waals surface area contributed by atoms with Gasteiger partial charge in [0.2, 0.25) is 5.91 Å². The van der Waals surface area contributed by atoms with Crippen LogP contribution in [0.15, 0.2) is 65.8 Å². The Bertz CT molecular complexity index is 1610. The van der Waals surface area contributed by atoms with E-state index in [0.29, 0.717) is 42.5 Å². The Morgan fingerprint density at radius 3 is 2.51 bits per heavy atom. The summed E-state index contributed by atoms with van der Waals surface area (Å²) in [6.07, 6.45) is 5.74. The fourth-order valence-electron chi connectivity index (χ4n) is 5.23. The van der Waals surface area contributed by atoms with Crippen LogP contribution in [0.3, 0.4) is 0 Å². The normalized spacial score (nSPS) is 16.8. The number of hydrogen-bond donors (Lipinski definition) is 2. The molecular weight excluding hydrogens is 496 g/mol. The molecule has 0 unspecified atom stereocenters. The highest BCUT2D eigenvalue weighted by Crippen LogP contribution is 2.33. The van der Waals surface area contributed by atoms with Gasteiger partial charge in [-0.15, -0.1) is 0 Å². The van der Waals surface area contributed by atoms with Crippen molar-refractivity contribution in [1.82, 2.24) is 29.5 Å². The number of nitrogens with zero attached hydrogens (tertiary/aromatic N) is 5. The number of aromatic nitrogens is 4. The third-order valence-electron chi connectivity index (χ3n) is 7.75. The Labute approximate surface area is 224 Å². The molecule has 1 saturated heterocycles. The summed E-state index contributed by atoms with van der Waals surface area (Å²) in [5.74, 6) is 0.211. The Balaban J connectivity index is 1.22. The van der Waals surface area contributed by atoms with Crippen LogP contribution in [0.1, 0.15) is 36.0 Å². The van der Waals surface area contributed by atoms with Crippen LogP contribution in [0.5, 0.6) is 0 Å². The SMILES string of the molecule is CNC(=O)c1ccc(-c2cccc(-n3ncc4c(=O)n(CC5(O)CCN(C(=O)C6CC6)CC5)cnc43)c2)cc1. The van der Waals surface area contributed by atoms with E-state index in [2.05, 4.69) is 15.4 Å². The smallest absolute Gasteiger partial charge is 0.264 e. The highest BCUT2D eigenvalue weighted by Gasteiger charge is 2.39. The highest BCUT2D eigenvalue weighted by atomic mass is 16.3. The summed E-state index contributed by atoms with van der Waals surface area (Å²) < 4.78 is 3.07. The van der Waals surface area contributed by atoms with Crippen LogP contribution in [0.4, 0.5) is 0 Å². The van der Waals surface area contributed by atoms with E-state index < -0.39 is 5.60 Å². The molecule has 2 aromatic heterocycles. The molecule has 3 heterocycles. The minimum absolute atomic E-state index is 0.118. The van der Waals surface area contributed by atoms with Crippen molar-refractivity contribution >= 4 is 22.8 Å². The van der Waals surface area contributed by atoms with Gasteiger partial charge in [0.1, 0.15) is 11.7 Å². The molecule has 1 aliphatic carbocycles. The largest absolute Gasteiger partial charge is 0.388 e. The van der Waals surface area contributed by atoms with E-state index in [1.54, 1.807) is 23.9 Å². The van der Waals surface area contributed by atoms with Crippen LogP contribution in [-0.2, 0) is 11.3 Å². The van der Waals surface area contributed by atoms with Crippen molar-refractivity contribution in [3.8, 4) is 16.8 Å². The maximum absolute atomic E-state index is 13.3. The number of benzene rings is 2. The lowest BCUT2D eigenvalue weighted by Crippen LogP contribution is -2.50. The monoisotopic (exact) mass is 526 g/mol. The van der Waals surface area contributed by atoms with Gasteiger partial charge in [-0.25, -0.2) is 9.67 Å². The van der Waals surface area contributed by atoms with Crippen molar-refractivity contribution in [2.24, 2.45) is 5.92 Å². The van der Waals surface area contributed by atoms with Gasteiger partial charge in [-0.3, -0.25) is 19.0 Å². The molecule has 2 amide bonds. The first kappa shape index (κ1) is 25.0. The van der Waals surface area contributed by atoms with Gasteiger partial charge in [0.15, 0.2) is 5.65 Å². The van der Waals surface area contributed by atoms with Gasteiger partial charge in [-0.2, -0.15) is 5.10 Å². The van der Waals surface area contributed by atoms with Crippen molar-refractivity contribution < 1.29 is 14.7 Å². The molecule has 0 spiro atoms. The maximum atomic E-state index is 13.3. The van der Waals surface area contributed by atoms with Gasteiger partial charge in [0.05, 0.1) is 24.0 Å². The molecule has 39 heavy (non-hydrogen) atoms. The lowest BCUT2D eigenvalue weighted by molar-refractivity contribution is -0.137. The van der Waals surface area contributed by atoms with Crippen LogP contribution in [0.25, 0.3) is 27.8 Å². The fourth-order valence-corrected chi connectivity index (χ4v) is 5.23. The van der Waals surface area contributed by atoms with E-state index in [1.807, 2.05) is 41.3 Å². The number of likely N-dealkylation sites (tertiary alicyclic amines) is 1. The van der Waals surface area contributed by atoms with Crippen molar-refractivity contribution in [3.05, 3.63) is 77.0 Å². The molecule has 2 aromatic carbocycles. The molecular formula is C29H30N6O4. The zero-order valence-corrected chi connectivity index (χ0v) is 21.7. The number of nitrogens with one attached hydrogen (secondary N) is 1. The quantitative estimate of drug-likeness (QED) is 0.398. The van der Waals surface area contributed by atoms with Crippen molar-refractivity contribution in [3.63, 3.8) is 0 Å². The summed E-state index contributed by atoms with van der Waals surface area (Å²) >= 11 is 0. The fraction of sp³-hybridized carbons (Fsp3) is 0.345. The third-order valence-corrected chi connectivity index (χ3v) is 7.75. The van der Waals surface area contributed by atoms with Crippen molar-refractivity contribution in [1.29, 1.82) is 0 Å². The minimum atomic E-state index is -1.07. The number of aliphatic hydroxyl groups is 1. The summed E-state index contributed by atoms with van der Waals surface area (Å²) in [7, 11) is 1.60. The lowest BCUT2D eigenvalue weighted by Gasteiger charge is -2.38. The second-order valence-electron chi connectivity index (χ2n) is 10.5. The van der Waals surface area contributed by atoms with Gasteiger partial charge >= 0.3 is 0 Å². The molecule has 0 radical (unpaired) electrons. The van der Waals surface area contributed by atoms with E-state index in [-0.39, 0.29) is 29.8 Å². The first-order valence-electron chi connectivity index (χ1n) is 13.2. The molecule has 1 saturated carbocycles. The average molecular weight is 527 g/mol. The number of carbonyl (C=O) groups is 2. The molecule has 2 N–H and O–H groups in total. The molecule has 200 valence electrons. The molecule has 4 aromatic rings. The number of hydrogen-bond acceptors (Lipinski definition) is 6. The van der Waals surface area contributed by atoms with Gasteiger partial charge in [0.25, 0.3) is 11.5 Å². The molecule has 1 aliphatic heterocycles. The highest BCUT2D eigenvalue weighted by molar-refractivity contribution is 5.94. The Hall–Kier alpha value is -4.31. The van der Waals surface area contributed by atoms with Gasteiger partial charge in [-0.05, 0) is 61.1 Å². The van der Waals surface area contributed by atoms with Gasteiger partial charge < -0.3 is 15.3 Å². The predicted molar refractivity (Wildman–Crippen MR) is 145 cm³/mol. The van der Waals surface area contributed by atoms with Gasteiger partial charge in [-0.1, -0.05) is 24.3 Å². The molecule has 0 bridgehead atoms. The van der Waals surface area contributed by atoms with Crippen LogP contribution in [0.2, 0.25) is 0 Å². The number of rotatable bonds is 6. The first-order chi connectivity index (χ1) is 18.8. The molecule has 10 heteroatoms. The third kappa shape index (κ3) is 4.83. The van der Waals surface area contributed by atoms with Crippen molar-refractivity contribution in [2.75, 3.05) is 20.1 Å². The van der Waals surface area contributed by atoms with Crippen molar-refractivity contribution in [2.45, 2.75) is 37.8 Å². The standard InChI is InChI=1S/C29H30N6O4/c1-30-26(36)20-7-5-19(6-8-20)22-3-2-4-23(15-22)35-25-24(16-32-35)28(38)34(18-31-25)17-29(39)11-13-33(14-12-29)27(37)21-9-10-21/h2-8,15-16,18,21,39H,9-14,17H2,1H3,(H,30,36). The Kier molecular flexibility index (Phi) is 6.26. The zero-order chi connectivity index (χ0) is 27.1. The molecule has 2 fully saturated rings. The summed E-state index contributed by atoms with van der Waals surface area (Å²) in [5.41, 5.74) is 2.29. The van der Waals surface area contributed by atoms with Crippen LogP contribution < -0.4 is 10.9 Å². The van der Waals surface area contributed by atoms with Crippen LogP contribution >= 0.6 is 0 Å².